The fourth-order valence-corrected chi connectivity index (χ4v) is 2.28. The van der Waals surface area contributed by atoms with Crippen molar-refractivity contribution < 1.29 is 14.3 Å². The molecule has 92 valence electrons. The van der Waals surface area contributed by atoms with Gasteiger partial charge in [-0.3, -0.25) is 9.69 Å². The van der Waals surface area contributed by atoms with Crippen molar-refractivity contribution in [2.24, 2.45) is 5.92 Å². The first-order chi connectivity index (χ1) is 8.06. The quantitative estimate of drug-likeness (QED) is 0.873. The first-order valence-corrected chi connectivity index (χ1v) is 5.77. The molecule has 0 amide bonds. The number of carbonyl (C=O) groups is 1. The molecule has 1 unspecified atom stereocenters. The fourth-order valence-electron chi connectivity index (χ4n) is 2.28. The van der Waals surface area contributed by atoms with Crippen LogP contribution in [-0.2, 0) is 4.79 Å². The van der Waals surface area contributed by atoms with Crippen LogP contribution in [0, 0.1) is 11.7 Å². The van der Waals surface area contributed by atoms with E-state index in [0.717, 1.165) is 18.7 Å². The molecule has 1 fully saturated rings. The largest absolute Gasteiger partial charge is 0.481 e. The average molecular weight is 237 g/mol. The summed E-state index contributed by atoms with van der Waals surface area (Å²) in [6.45, 7) is 3.58. The SMILES string of the molecule is CC(c1cccc(F)c1)N1CC(CC(=O)O)C1. The van der Waals surface area contributed by atoms with Gasteiger partial charge in [0.25, 0.3) is 0 Å². The Bertz CT molecular complexity index is 416. The van der Waals surface area contributed by atoms with Gasteiger partial charge in [-0.15, -0.1) is 0 Å². The molecule has 1 aromatic carbocycles. The second-order valence-electron chi connectivity index (χ2n) is 4.65. The molecule has 1 aliphatic heterocycles. The Labute approximate surface area is 99.9 Å². The van der Waals surface area contributed by atoms with Crippen LogP contribution in [0.3, 0.4) is 0 Å². The van der Waals surface area contributed by atoms with Crippen molar-refractivity contribution in [3.8, 4) is 0 Å². The van der Waals surface area contributed by atoms with E-state index in [1.807, 2.05) is 13.0 Å². The highest BCUT2D eigenvalue weighted by Crippen LogP contribution is 2.29. The lowest BCUT2D eigenvalue weighted by Crippen LogP contribution is -2.48. The van der Waals surface area contributed by atoms with Crippen molar-refractivity contribution in [2.75, 3.05) is 13.1 Å². The lowest BCUT2D eigenvalue weighted by atomic mass is 9.92. The van der Waals surface area contributed by atoms with E-state index < -0.39 is 5.97 Å². The van der Waals surface area contributed by atoms with E-state index >= 15 is 0 Å². The predicted molar refractivity (Wildman–Crippen MR) is 62.1 cm³/mol. The third-order valence-electron chi connectivity index (χ3n) is 3.33. The Morgan fingerprint density at radius 1 is 1.59 bits per heavy atom. The van der Waals surface area contributed by atoms with Gasteiger partial charge in [0.15, 0.2) is 0 Å². The fraction of sp³-hybridized carbons (Fsp3) is 0.462. The molecule has 3 nitrogen and oxygen atoms in total. The highest BCUT2D eigenvalue weighted by molar-refractivity contribution is 5.67. The van der Waals surface area contributed by atoms with Gasteiger partial charge in [-0.05, 0) is 30.5 Å². The first kappa shape index (κ1) is 12.0. The zero-order valence-corrected chi connectivity index (χ0v) is 9.77. The summed E-state index contributed by atoms with van der Waals surface area (Å²) in [5.74, 6) is -0.728. The molecule has 1 heterocycles. The number of carboxylic acids is 1. The minimum atomic E-state index is -0.743. The van der Waals surface area contributed by atoms with Crippen LogP contribution in [0.15, 0.2) is 24.3 Å². The summed E-state index contributed by atoms with van der Waals surface area (Å²) in [6.07, 6.45) is 0.229. The molecule has 1 aromatic rings. The van der Waals surface area contributed by atoms with Gasteiger partial charge in [-0.1, -0.05) is 12.1 Å². The Balaban J connectivity index is 1.91. The summed E-state index contributed by atoms with van der Waals surface area (Å²) in [5, 5.41) is 8.66. The van der Waals surface area contributed by atoms with E-state index in [-0.39, 0.29) is 24.2 Å². The lowest BCUT2D eigenvalue weighted by molar-refractivity contribution is -0.139. The summed E-state index contributed by atoms with van der Waals surface area (Å²) in [5.41, 5.74) is 0.943. The van der Waals surface area contributed by atoms with Crippen LogP contribution in [-0.4, -0.2) is 29.1 Å². The molecule has 0 aliphatic carbocycles. The van der Waals surface area contributed by atoms with Crippen LogP contribution in [0.2, 0.25) is 0 Å². The first-order valence-electron chi connectivity index (χ1n) is 5.77. The second kappa shape index (κ2) is 4.84. The molecule has 1 N–H and O–H groups in total. The molecule has 4 heteroatoms. The summed E-state index contributed by atoms with van der Waals surface area (Å²) in [4.78, 5) is 12.7. The van der Waals surface area contributed by atoms with Crippen molar-refractivity contribution >= 4 is 5.97 Å². The molecule has 0 radical (unpaired) electrons. The monoisotopic (exact) mass is 237 g/mol. The van der Waals surface area contributed by atoms with Crippen LogP contribution >= 0.6 is 0 Å². The number of hydrogen-bond donors (Lipinski definition) is 1. The number of carboxylic acid groups (broad SMARTS) is 1. The molecule has 1 saturated heterocycles. The zero-order chi connectivity index (χ0) is 12.4. The van der Waals surface area contributed by atoms with E-state index in [1.54, 1.807) is 6.07 Å². The van der Waals surface area contributed by atoms with E-state index in [0.29, 0.717) is 0 Å². The van der Waals surface area contributed by atoms with Gasteiger partial charge in [-0.25, -0.2) is 4.39 Å². The Hall–Kier alpha value is -1.42. The number of halogens is 1. The van der Waals surface area contributed by atoms with Crippen LogP contribution < -0.4 is 0 Å². The average Bonchev–Trinajstić information content (AvgIpc) is 2.21. The minimum Gasteiger partial charge on any atom is -0.481 e. The third kappa shape index (κ3) is 2.82. The molecule has 2 rings (SSSR count). The second-order valence-corrected chi connectivity index (χ2v) is 4.65. The number of benzene rings is 1. The van der Waals surface area contributed by atoms with Gasteiger partial charge in [-0.2, -0.15) is 0 Å². The van der Waals surface area contributed by atoms with Gasteiger partial charge in [0.2, 0.25) is 0 Å². The number of hydrogen-bond acceptors (Lipinski definition) is 2. The Kier molecular flexibility index (Phi) is 3.43. The molecular weight excluding hydrogens is 221 g/mol. The van der Waals surface area contributed by atoms with E-state index in [1.165, 1.54) is 12.1 Å². The third-order valence-corrected chi connectivity index (χ3v) is 3.33. The van der Waals surface area contributed by atoms with E-state index in [9.17, 15) is 9.18 Å². The maximum atomic E-state index is 13.1. The van der Waals surface area contributed by atoms with Crippen molar-refractivity contribution in [1.82, 2.24) is 4.90 Å². The molecular formula is C13H16FNO2. The van der Waals surface area contributed by atoms with Crippen LogP contribution in [0.1, 0.15) is 24.9 Å². The van der Waals surface area contributed by atoms with Crippen LogP contribution in [0.25, 0.3) is 0 Å². The highest BCUT2D eigenvalue weighted by Gasteiger charge is 2.32. The van der Waals surface area contributed by atoms with Crippen molar-refractivity contribution in [3.63, 3.8) is 0 Å². The van der Waals surface area contributed by atoms with Crippen LogP contribution in [0.4, 0.5) is 4.39 Å². The Morgan fingerprint density at radius 3 is 2.88 bits per heavy atom. The molecule has 0 spiro atoms. The molecule has 17 heavy (non-hydrogen) atoms. The summed E-state index contributed by atoms with van der Waals surface area (Å²) in [6, 6.07) is 6.72. The lowest BCUT2D eigenvalue weighted by Gasteiger charge is -2.42. The standard InChI is InChI=1S/C13H16FNO2/c1-9(11-3-2-4-12(14)6-11)15-7-10(8-15)5-13(16)17/h2-4,6,9-10H,5,7-8H2,1H3,(H,16,17). The normalized spacial score (nSPS) is 18.7. The van der Waals surface area contributed by atoms with Crippen molar-refractivity contribution in [3.05, 3.63) is 35.6 Å². The maximum Gasteiger partial charge on any atom is 0.303 e. The number of aliphatic carboxylic acids is 1. The van der Waals surface area contributed by atoms with E-state index in [2.05, 4.69) is 4.90 Å². The summed E-state index contributed by atoms with van der Waals surface area (Å²) < 4.78 is 13.1. The van der Waals surface area contributed by atoms with Crippen molar-refractivity contribution in [2.45, 2.75) is 19.4 Å². The topological polar surface area (TPSA) is 40.5 Å². The van der Waals surface area contributed by atoms with Gasteiger partial charge in [0.05, 0.1) is 6.42 Å². The predicted octanol–water partition coefficient (Wildman–Crippen LogP) is 2.29. The van der Waals surface area contributed by atoms with Gasteiger partial charge in [0, 0.05) is 19.1 Å². The van der Waals surface area contributed by atoms with Gasteiger partial charge in [0.1, 0.15) is 5.82 Å². The number of likely N-dealkylation sites (tertiary alicyclic amines) is 1. The summed E-state index contributed by atoms with van der Waals surface area (Å²) in [7, 11) is 0. The van der Waals surface area contributed by atoms with Gasteiger partial charge >= 0.3 is 5.97 Å². The highest BCUT2D eigenvalue weighted by atomic mass is 19.1. The zero-order valence-electron chi connectivity index (χ0n) is 9.77. The minimum absolute atomic E-state index is 0.149. The molecule has 0 bridgehead atoms. The van der Waals surface area contributed by atoms with E-state index in [4.69, 9.17) is 5.11 Å². The molecule has 1 aliphatic rings. The number of nitrogens with zero attached hydrogens (tertiary/aromatic N) is 1. The summed E-state index contributed by atoms with van der Waals surface area (Å²) >= 11 is 0. The number of rotatable bonds is 4. The molecule has 0 aromatic heterocycles. The molecule has 1 atom stereocenters. The van der Waals surface area contributed by atoms with Crippen LogP contribution in [0.5, 0.6) is 0 Å². The van der Waals surface area contributed by atoms with Crippen molar-refractivity contribution in [1.29, 1.82) is 0 Å². The van der Waals surface area contributed by atoms with Gasteiger partial charge < -0.3 is 5.11 Å². The molecule has 0 saturated carbocycles. The smallest absolute Gasteiger partial charge is 0.303 e. The maximum absolute atomic E-state index is 13.1. The Morgan fingerprint density at radius 2 is 2.29 bits per heavy atom.